The van der Waals surface area contributed by atoms with Crippen LogP contribution in [-0.4, -0.2) is 37.0 Å². The molecule has 3 N–H and O–H groups in total. The van der Waals surface area contributed by atoms with Crippen LogP contribution in [0.4, 0.5) is 0 Å². The van der Waals surface area contributed by atoms with Crippen molar-refractivity contribution in [2.75, 3.05) is 0 Å². The molecule has 0 aromatic heterocycles. The largest absolute Gasteiger partial charge is 0.481 e. The first-order valence-corrected chi connectivity index (χ1v) is 9.73. The highest BCUT2D eigenvalue weighted by atomic mass is 32.2. The Labute approximate surface area is 144 Å². The van der Waals surface area contributed by atoms with Crippen molar-refractivity contribution in [1.29, 1.82) is 0 Å². The molecule has 0 unspecified atom stereocenters. The Balaban J connectivity index is 2.44. The molecule has 0 radical (unpaired) electrons. The number of carboxylic acids is 1. The smallest absolute Gasteiger partial charge is 0.304 e. The predicted molar refractivity (Wildman–Crippen MR) is 86.6 cm³/mol. The van der Waals surface area contributed by atoms with E-state index in [0.29, 0.717) is 11.1 Å². The van der Waals surface area contributed by atoms with Crippen molar-refractivity contribution in [3.8, 4) is 0 Å². The van der Waals surface area contributed by atoms with Gasteiger partial charge in [0.2, 0.25) is 0 Å². The van der Waals surface area contributed by atoms with Crippen LogP contribution in [0.25, 0.3) is 0 Å². The molecule has 2 aromatic rings. The number of aliphatic carboxylic acids is 1. The molecule has 0 amide bonds. The Morgan fingerprint density at radius 3 is 1.32 bits per heavy atom. The fourth-order valence-electron chi connectivity index (χ4n) is 2.35. The summed E-state index contributed by atoms with van der Waals surface area (Å²) in [6.45, 7) is 0. The first-order valence-electron chi connectivity index (χ1n) is 6.85. The quantitative estimate of drug-likeness (QED) is 0.637. The van der Waals surface area contributed by atoms with Crippen LogP contribution >= 0.6 is 0 Å². The second kappa shape index (κ2) is 6.92. The Morgan fingerprint density at radius 1 is 0.760 bits per heavy atom. The number of carboxylic acid groups (broad SMARTS) is 1. The molecule has 10 heteroatoms. The summed E-state index contributed by atoms with van der Waals surface area (Å²) >= 11 is 0. The third-order valence-corrected chi connectivity index (χ3v) is 5.28. The van der Waals surface area contributed by atoms with Gasteiger partial charge in [-0.3, -0.25) is 13.9 Å². The van der Waals surface area contributed by atoms with Crippen molar-refractivity contribution in [2.45, 2.75) is 22.1 Å². The second-order valence-corrected chi connectivity index (χ2v) is 8.08. The average molecular weight is 386 g/mol. The van der Waals surface area contributed by atoms with Gasteiger partial charge in [-0.05, 0) is 35.4 Å². The monoisotopic (exact) mass is 386 g/mol. The molecule has 0 spiro atoms. The number of hydrogen-bond acceptors (Lipinski definition) is 5. The molecule has 0 fully saturated rings. The van der Waals surface area contributed by atoms with E-state index in [-0.39, 0.29) is 16.2 Å². The highest BCUT2D eigenvalue weighted by molar-refractivity contribution is 7.86. The molecule has 134 valence electrons. The molecule has 0 aliphatic rings. The number of hydrogen-bond donors (Lipinski definition) is 3. The third kappa shape index (κ3) is 4.86. The van der Waals surface area contributed by atoms with Crippen LogP contribution < -0.4 is 0 Å². The molecule has 2 aromatic carbocycles. The topological polar surface area (TPSA) is 146 Å². The first kappa shape index (κ1) is 19.1. The summed E-state index contributed by atoms with van der Waals surface area (Å²) in [6.07, 6.45) is -0.323. The van der Waals surface area contributed by atoms with Crippen LogP contribution in [0.1, 0.15) is 23.5 Å². The van der Waals surface area contributed by atoms with Gasteiger partial charge in [0.1, 0.15) is 0 Å². The van der Waals surface area contributed by atoms with Crippen molar-refractivity contribution in [3.05, 3.63) is 59.7 Å². The van der Waals surface area contributed by atoms with E-state index in [1.165, 1.54) is 24.3 Å². The fourth-order valence-corrected chi connectivity index (χ4v) is 3.31. The maximum absolute atomic E-state index is 11.1. The van der Waals surface area contributed by atoms with Crippen molar-refractivity contribution in [3.63, 3.8) is 0 Å². The molecular formula is C15H14O8S2. The van der Waals surface area contributed by atoms with Crippen molar-refractivity contribution in [1.82, 2.24) is 0 Å². The highest BCUT2D eigenvalue weighted by Crippen LogP contribution is 2.29. The van der Waals surface area contributed by atoms with Gasteiger partial charge in [0, 0.05) is 5.92 Å². The van der Waals surface area contributed by atoms with E-state index < -0.39 is 32.1 Å². The van der Waals surface area contributed by atoms with E-state index in [1.54, 1.807) is 0 Å². The average Bonchev–Trinajstić information content (AvgIpc) is 2.51. The first-order chi connectivity index (χ1) is 11.5. The summed E-state index contributed by atoms with van der Waals surface area (Å²) in [5.41, 5.74) is 0.934. The van der Waals surface area contributed by atoms with Crippen LogP contribution in [0.2, 0.25) is 0 Å². The Hall–Kier alpha value is -2.27. The van der Waals surface area contributed by atoms with E-state index in [1.807, 2.05) is 0 Å². The minimum absolute atomic E-state index is 0.323. The predicted octanol–water partition coefficient (Wildman–Crippen LogP) is 1.79. The van der Waals surface area contributed by atoms with Crippen LogP contribution in [0, 0.1) is 0 Å². The molecule has 2 rings (SSSR count). The minimum Gasteiger partial charge on any atom is -0.481 e. The molecule has 0 aliphatic heterocycles. The number of carbonyl (C=O) groups is 1. The van der Waals surface area contributed by atoms with Crippen LogP contribution in [0.5, 0.6) is 0 Å². The molecule has 0 bridgehead atoms. The molecule has 8 nitrogen and oxygen atoms in total. The second-order valence-electron chi connectivity index (χ2n) is 5.24. The summed E-state index contributed by atoms with van der Waals surface area (Å²) in [5.74, 6) is -1.79. The lowest BCUT2D eigenvalue weighted by Crippen LogP contribution is -2.09. The van der Waals surface area contributed by atoms with Gasteiger partial charge in [0.15, 0.2) is 0 Å². The van der Waals surface area contributed by atoms with Crippen molar-refractivity contribution < 1.29 is 35.8 Å². The Morgan fingerprint density at radius 2 is 1.08 bits per heavy atom. The van der Waals surface area contributed by atoms with Crippen molar-refractivity contribution in [2.24, 2.45) is 0 Å². The SMILES string of the molecule is O=C(O)CC(c1ccc(S(=O)(=O)O)cc1)c1ccc(S(=O)(=O)O)cc1. The van der Waals surface area contributed by atoms with E-state index in [9.17, 15) is 21.6 Å². The third-order valence-electron chi connectivity index (χ3n) is 3.54. The normalized spacial score (nSPS) is 12.3. The summed E-state index contributed by atoms with van der Waals surface area (Å²) in [7, 11) is -8.73. The molecule has 0 atom stereocenters. The zero-order chi connectivity index (χ0) is 18.8. The van der Waals surface area contributed by atoms with Crippen LogP contribution in [0.15, 0.2) is 58.3 Å². The minimum atomic E-state index is -4.37. The zero-order valence-corrected chi connectivity index (χ0v) is 14.2. The van der Waals surface area contributed by atoms with E-state index in [2.05, 4.69) is 0 Å². The lowest BCUT2D eigenvalue weighted by atomic mass is 9.89. The molecule has 0 aliphatic carbocycles. The van der Waals surface area contributed by atoms with Gasteiger partial charge in [-0.25, -0.2) is 0 Å². The molecule has 0 heterocycles. The lowest BCUT2D eigenvalue weighted by molar-refractivity contribution is -0.137. The zero-order valence-electron chi connectivity index (χ0n) is 12.6. The summed E-state index contributed by atoms with van der Waals surface area (Å²) in [6, 6.07) is 10.1. The van der Waals surface area contributed by atoms with Crippen molar-refractivity contribution >= 4 is 26.2 Å². The van der Waals surface area contributed by atoms with E-state index in [0.717, 1.165) is 24.3 Å². The van der Waals surface area contributed by atoms with Gasteiger partial charge < -0.3 is 5.11 Å². The summed E-state index contributed by atoms with van der Waals surface area (Å²) in [5, 5.41) is 9.10. The maximum Gasteiger partial charge on any atom is 0.304 e. The summed E-state index contributed by atoms with van der Waals surface area (Å²) in [4.78, 5) is 10.5. The summed E-state index contributed by atoms with van der Waals surface area (Å²) < 4.78 is 62.3. The van der Waals surface area contributed by atoms with Gasteiger partial charge in [-0.15, -0.1) is 0 Å². The Kier molecular flexibility index (Phi) is 5.28. The van der Waals surface area contributed by atoms with Gasteiger partial charge >= 0.3 is 5.97 Å². The number of rotatable bonds is 6. The fraction of sp³-hybridized carbons (Fsp3) is 0.133. The van der Waals surface area contributed by atoms with Crippen LogP contribution in [-0.2, 0) is 25.0 Å². The van der Waals surface area contributed by atoms with Gasteiger partial charge in [-0.1, -0.05) is 24.3 Å². The molecule has 0 saturated heterocycles. The van der Waals surface area contributed by atoms with Crippen LogP contribution in [0.3, 0.4) is 0 Å². The number of benzene rings is 2. The van der Waals surface area contributed by atoms with Gasteiger partial charge in [0.05, 0.1) is 16.2 Å². The Bertz CT molecular complexity index is 899. The lowest BCUT2D eigenvalue weighted by Gasteiger charge is -2.16. The van der Waals surface area contributed by atoms with E-state index >= 15 is 0 Å². The van der Waals surface area contributed by atoms with E-state index in [4.69, 9.17) is 14.2 Å². The molecule has 0 saturated carbocycles. The highest BCUT2D eigenvalue weighted by Gasteiger charge is 2.20. The maximum atomic E-state index is 11.1. The van der Waals surface area contributed by atoms with Gasteiger partial charge in [-0.2, -0.15) is 16.8 Å². The molecular weight excluding hydrogens is 372 g/mol. The van der Waals surface area contributed by atoms with Gasteiger partial charge in [0.25, 0.3) is 20.2 Å². The standard InChI is InChI=1S/C15H14O8S2/c16-15(17)9-14(10-1-5-12(6-2-10)24(18,19)20)11-3-7-13(8-4-11)25(21,22)23/h1-8,14H,9H2,(H,16,17)(H,18,19,20)(H,21,22,23). The molecule has 25 heavy (non-hydrogen) atoms.